The van der Waals surface area contributed by atoms with Gasteiger partial charge in [0.05, 0.1) is 24.0 Å². The van der Waals surface area contributed by atoms with Crippen LogP contribution in [-0.2, 0) is 43.2 Å². The van der Waals surface area contributed by atoms with Gasteiger partial charge in [-0.2, -0.15) is 0 Å². The quantitative estimate of drug-likeness (QED) is 0.0992. The number of nitrogens with one attached hydrogen (secondary N) is 4. The molecular formula is C49H66N8O6S. The van der Waals surface area contributed by atoms with Crippen molar-refractivity contribution in [2.45, 2.75) is 91.1 Å². The van der Waals surface area contributed by atoms with Crippen LogP contribution >= 0.6 is 12.2 Å². The van der Waals surface area contributed by atoms with Crippen molar-refractivity contribution in [1.82, 2.24) is 40.8 Å². The lowest BCUT2D eigenvalue weighted by Gasteiger charge is -2.37. The predicted octanol–water partition coefficient (Wildman–Crippen LogP) is 5.20. The van der Waals surface area contributed by atoms with Gasteiger partial charge in [0.1, 0.15) is 23.9 Å². The van der Waals surface area contributed by atoms with E-state index in [9.17, 15) is 19.5 Å². The highest BCUT2D eigenvalue weighted by atomic mass is 32.1. The van der Waals surface area contributed by atoms with Gasteiger partial charge in [-0.15, -0.1) is 0 Å². The minimum absolute atomic E-state index is 0.0443. The zero-order valence-corrected chi connectivity index (χ0v) is 39.2. The number of esters is 1. The van der Waals surface area contributed by atoms with E-state index < -0.39 is 35.6 Å². The molecule has 0 radical (unpaired) electrons. The van der Waals surface area contributed by atoms with Gasteiger partial charge in [0.15, 0.2) is 0 Å². The van der Waals surface area contributed by atoms with Crippen LogP contribution in [0.1, 0.15) is 70.4 Å². The second-order valence-electron chi connectivity index (χ2n) is 18.9. The highest BCUT2D eigenvalue weighted by Gasteiger charge is 2.37. The Bertz CT molecular complexity index is 2320. The second-order valence-corrected chi connectivity index (χ2v) is 19.1. The monoisotopic (exact) mass is 894 g/mol. The van der Waals surface area contributed by atoms with Crippen LogP contribution in [0.4, 0.5) is 0 Å². The van der Waals surface area contributed by atoms with Crippen molar-refractivity contribution in [3.8, 4) is 28.1 Å². The Kier molecular flexibility index (Phi) is 15.2. The van der Waals surface area contributed by atoms with Crippen LogP contribution in [0.3, 0.4) is 0 Å². The lowest BCUT2D eigenvalue weighted by Crippen LogP contribution is -2.62. The number of carbonyl (C=O) groups excluding carboxylic acids is 3. The van der Waals surface area contributed by atoms with Gasteiger partial charge < -0.3 is 35.1 Å². The highest BCUT2D eigenvalue weighted by molar-refractivity contribution is 7.79. The third-order valence-electron chi connectivity index (χ3n) is 12.9. The number of hydrogen-bond donors (Lipinski definition) is 5. The molecule has 2 aromatic carbocycles. The Morgan fingerprint density at radius 1 is 1.12 bits per heavy atom. The maximum Gasteiger partial charge on any atom is 0.324 e. The summed E-state index contributed by atoms with van der Waals surface area (Å²) in [6.45, 7) is 15.7. The Labute approximate surface area is 382 Å². The SMILES string of the molecule is CCn1c(-c2cccnc2[C@H](C=S)OC)c2c3cc(ccc31)-c1cc(O)cc(c1)C[C@H](NC(=O)[C@H](C(C)C)N(C)CC1CNCCNC1)C(=O)N1CCC[C@H](N1)C(=O)OCC(C)(C)C2. The summed E-state index contributed by atoms with van der Waals surface area (Å²) < 4.78 is 14.2. The van der Waals surface area contributed by atoms with Crippen molar-refractivity contribution in [2.24, 2.45) is 17.3 Å². The van der Waals surface area contributed by atoms with Crippen molar-refractivity contribution in [3.05, 3.63) is 71.5 Å². The third-order valence-corrected chi connectivity index (χ3v) is 13.1. The molecule has 5 heterocycles. The Morgan fingerprint density at radius 3 is 2.59 bits per heavy atom. The molecule has 3 aliphatic rings. The molecule has 0 saturated carbocycles. The Balaban J connectivity index is 1.33. The van der Waals surface area contributed by atoms with E-state index in [0.29, 0.717) is 56.1 Å². The number of aromatic nitrogens is 2. The van der Waals surface area contributed by atoms with Crippen LogP contribution in [0.15, 0.2) is 54.7 Å². The average molecular weight is 895 g/mol. The summed E-state index contributed by atoms with van der Waals surface area (Å²) in [5.74, 6) is -0.758. The zero-order chi connectivity index (χ0) is 45.7. The minimum atomic E-state index is -1.01. The average Bonchev–Trinajstić information content (AvgIpc) is 3.37. The van der Waals surface area contributed by atoms with Crippen LogP contribution in [0.5, 0.6) is 5.75 Å². The Hall–Kier alpha value is -4.77. The van der Waals surface area contributed by atoms with E-state index in [2.05, 4.69) is 75.9 Å². The summed E-state index contributed by atoms with van der Waals surface area (Å²) in [4.78, 5) is 50.0. The first kappa shape index (κ1) is 47.2. The van der Waals surface area contributed by atoms with Crippen LogP contribution in [0, 0.1) is 17.3 Å². The number of methoxy groups -OCH3 is 1. The lowest BCUT2D eigenvalue weighted by atomic mass is 9.84. The number of aryl methyl sites for hydroxylation is 1. The van der Waals surface area contributed by atoms with E-state index in [0.717, 1.165) is 65.0 Å². The molecule has 0 aliphatic carbocycles. The zero-order valence-electron chi connectivity index (χ0n) is 38.4. The molecule has 6 bridgehead atoms. The number of thiocarbonyl (C=S) groups is 1. The molecule has 0 spiro atoms. The predicted molar refractivity (Wildman–Crippen MR) is 254 cm³/mol. The molecule has 2 amide bonds. The van der Waals surface area contributed by atoms with E-state index in [1.165, 1.54) is 5.01 Å². The number of likely N-dealkylation sites (N-methyl/N-ethyl adjacent to an activating group) is 1. The fraction of sp³-hybridized carbons (Fsp3) is 0.531. The number of fused-ring (bicyclic) bond motifs is 6. The number of phenolic OH excluding ortho intramolecular Hbond substituents is 1. The van der Waals surface area contributed by atoms with Gasteiger partial charge in [-0.3, -0.25) is 29.3 Å². The molecule has 2 aromatic heterocycles. The van der Waals surface area contributed by atoms with Gasteiger partial charge in [0.2, 0.25) is 5.91 Å². The standard InChI is InChI=1S/C49H66N8O6S/c1-8-56-41-14-13-33-23-37(41)38(45(56)36-11-9-15-52-43(36)42(28-64)62-7)24-49(4,5)29-63-48(61)39-12-10-18-57(54-39)47(60)40(21-31-19-34(33)22-35(58)20-31)53-46(59)44(30(2)3)55(6)27-32-25-50-16-17-51-26-32/h9,11,13-15,19-20,22-23,28,30,32,39-40,42,44,50-51,54,58H,8,10,12,16-18,21,24-27,29H2,1-7H3,(H,53,59)/t39-,40-,42-,44-/m0/s1. The van der Waals surface area contributed by atoms with Gasteiger partial charge in [0, 0.05) is 92.8 Å². The smallest absolute Gasteiger partial charge is 0.324 e. The topological polar surface area (TPSA) is 162 Å². The van der Waals surface area contributed by atoms with Crippen LogP contribution in [0.2, 0.25) is 0 Å². The fourth-order valence-electron chi connectivity index (χ4n) is 9.87. The van der Waals surface area contributed by atoms with Gasteiger partial charge in [-0.25, -0.2) is 5.43 Å². The highest BCUT2D eigenvalue weighted by Crippen LogP contribution is 2.42. The van der Waals surface area contributed by atoms with Crippen molar-refractivity contribution in [1.29, 1.82) is 0 Å². The summed E-state index contributed by atoms with van der Waals surface area (Å²) >= 11 is 5.41. The third kappa shape index (κ3) is 10.5. The molecule has 15 heteroatoms. The van der Waals surface area contributed by atoms with E-state index >= 15 is 0 Å². The molecule has 5 N–H and O–H groups in total. The number of benzene rings is 2. The first-order valence-electron chi connectivity index (χ1n) is 22.8. The number of amides is 2. The maximum atomic E-state index is 14.7. The molecule has 0 unspecified atom stereocenters. The molecular weight excluding hydrogens is 829 g/mol. The largest absolute Gasteiger partial charge is 0.508 e. The molecule has 14 nitrogen and oxygen atoms in total. The first-order chi connectivity index (χ1) is 30.7. The number of aromatic hydroxyl groups is 1. The molecule has 64 heavy (non-hydrogen) atoms. The molecule has 2 fully saturated rings. The fourth-order valence-corrected chi connectivity index (χ4v) is 10.1. The van der Waals surface area contributed by atoms with E-state index in [1.807, 2.05) is 33.0 Å². The normalized spacial score (nSPS) is 21.0. The van der Waals surface area contributed by atoms with E-state index in [4.69, 9.17) is 26.7 Å². The van der Waals surface area contributed by atoms with Gasteiger partial charge in [-0.1, -0.05) is 52.0 Å². The molecule has 3 aliphatic heterocycles. The van der Waals surface area contributed by atoms with Gasteiger partial charge in [-0.05, 0) is 104 Å². The number of pyridine rings is 1. The summed E-state index contributed by atoms with van der Waals surface area (Å²) in [5, 5.41) is 25.5. The number of rotatable bonds is 11. The van der Waals surface area contributed by atoms with Crippen LogP contribution in [0.25, 0.3) is 33.3 Å². The molecule has 4 aromatic rings. The Morgan fingerprint density at radius 2 is 1.89 bits per heavy atom. The number of nitrogens with zero attached hydrogens (tertiary/aromatic N) is 4. The number of hydrazine groups is 1. The summed E-state index contributed by atoms with van der Waals surface area (Å²) in [5.41, 5.74) is 9.62. The number of ether oxygens (including phenoxy) is 2. The lowest BCUT2D eigenvalue weighted by molar-refractivity contribution is -0.155. The second kappa shape index (κ2) is 20.6. The van der Waals surface area contributed by atoms with Crippen molar-refractivity contribution in [3.63, 3.8) is 0 Å². The summed E-state index contributed by atoms with van der Waals surface area (Å²) in [7, 11) is 3.59. The van der Waals surface area contributed by atoms with Crippen LogP contribution < -0.4 is 21.4 Å². The van der Waals surface area contributed by atoms with Crippen molar-refractivity contribution in [2.75, 3.05) is 60.0 Å². The van der Waals surface area contributed by atoms with Crippen molar-refractivity contribution < 1.29 is 29.0 Å². The molecule has 4 atom stereocenters. The molecule has 7 rings (SSSR count). The summed E-state index contributed by atoms with van der Waals surface area (Å²) in [6, 6.07) is 13.4. The van der Waals surface area contributed by atoms with Crippen LogP contribution in [-0.4, -0.2) is 126 Å². The molecule has 2 saturated heterocycles. The maximum absolute atomic E-state index is 14.7. The van der Waals surface area contributed by atoms with Gasteiger partial charge in [0.25, 0.3) is 5.91 Å². The van der Waals surface area contributed by atoms with E-state index in [1.54, 1.807) is 30.8 Å². The van der Waals surface area contributed by atoms with E-state index in [-0.39, 0.29) is 36.5 Å². The number of phenols is 1. The number of carbonyl (C=O) groups is 3. The number of cyclic esters (lactones) is 1. The first-order valence-corrected chi connectivity index (χ1v) is 23.3. The minimum Gasteiger partial charge on any atom is -0.508 e. The van der Waals surface area contributed by atoms with Crippen molar-refractivity contribution >= 4 is 46.3 Å². The van der Waals surface area contributed by atoms with Gasteiger partial charge >= 0.3 is 5.97 Å². The molecule has 344 valence electrons. The number of hydrogen-bond acceptors (Lipinski definition) is 12. The summed E-state index contributed by atoms with van der Waals surface area (Å²) in [6.07, 6.45) is 2.94.